The SMILES string of the molecule is COC(=O)Cn1c(C)c(C(c2ccc(Cl)cc2)S(=O)(=O)c2ccccc2)c2cc(F)ccc21. The van der Waals surface area contributed by atoms with Crippen molar-refractivity contribution < 1.29 is 22.3 Å². The Balaban J connectivity index is 2.07. The Labute approximate surface area is 196 Å². The molecule has 1 aromatic heterocycles. The maximum atomic E-state index is 14.4. The highest BCUT2D eigenvalue weighted by Crippen LogP contribution is 2.42. The fourth-order valence-corrected chi connectivity index (χ4v) is 6.15. The zero-order valence-corrected chi connectivity index (χ0v) is 19.5. The van der Waals surface area contributed by atoms with Gasteiger partial charge in [-0.2, -0.15) is 0 Å². The molecule has 0 bridgehead atoms. The minimum absolute atomic E-state index is 0.134. The number of hydrogen-bond donors (Lipinski definition) is 0. The summed E-state index contributed by atoms with van der Waals surface area (Å²) in [6.45, 7) is 1.59. The monoisotopic (exact) mass is 485 g/mol. The molecular weight excluding hydrogens is 465 g/mol. The molecule has 0 radical (unpaired) electrons. The Hall–Kier alpha value is -3.16. The van der Waals surface area contributed by atoms with Crippen LogP contribution in [0.1, 0.15) is 22.1 Å². The minimum Gasteiger partial charge on any atom is -0.468 e. The number of carbonyl (C=O) groups is 1. The molecule has 3 aromatic carbocycles. The molecule has 1 heterocycles. The number of aromatic nitrogens is 1. The van der Waals surface area contributed by atoms with Gasteiger partial charge in [0.25, 0.3) is 0 Å². The summed E-state index contributed by atoms with van der Waals surface area (Å²) in [6, 6.07) is 18.8. The molecule has 0 saturated carbocycles. The van der Waals surface area contributed by atoms with Crippen LogP contribution in [-0.4, -0.2) is 26.1 Å². The summed E-state index contributed by atoms with van der Waals surface area (Å²) >= 11 is 6.06. The van der Waals surface area contributed by atoms with Crippen LogP contribution in [0.5, 0.6) is 0 Å². The van der Waals surface area contributed by atoms with Crippen LogP contribution in [0, 0.1) is 12.7 Å². The van der Waals surface area contributed by atoms with Crippen molar-refractivity contribution >= 4 is 38.3 Å². The molecule has 0 aliphatic heterocycles. The summed E-state index contributed by atoms with van der Waals surface area (Å²) in [4.78, 5) is 12.2. The van der Waals surface area contributed by atoms with Crippen LogP contribution in [0.4, 0.5) is 4.39 Å². The largest absolute Gasteiger partial charge is 0.468 e. The maximum Gasteiger partial charge on any atom is 0.325 e. The lowest BCUT2D eigenvalue weighted by molar-refractivity contribution is -0.141. The molecule has 8 heteroatoms. The van der Waals surface area contributed by atoms with Crippen molar-refractivity contribution in [2.24, 2.45) is 0 Å². The molecule has 0 fully saturated rings. The van der Waals surface area contributed by atoms with Gasteiger partial charge in [0, 0.05) is 27.2 Å². The van der Waals surface area contributed by atoms with Crippen LogP contribution in [0.2, 0.25) is 5.02 Å². The highest BCUT2D eigenvalue weighted by Gasteiger charge is 2.35. The zero-order valence-electron chi connectivity index (χ0n) is 18.0. The van der Waals surface area contributed by atoms with Crippen LogP contribution in [0.25, 0.3) is 10.9 Å². The third-order valence-electron chi connectivity index (χ3n) is 5.67. The van der Waals surface area contributed by atoms with Gasteiger partial charge in [0.05, 0.1) is 12.0 Å². The predicted molar refractivity (Wildman–Crippen MR) is 126 cm³/mol. The predicted octanol–water partition coefficient (Wildman–Crippen LogP) is 5.48. The Bertz CT molecular complexity index is 1430. The van der Waals surface area contributed by atoms with Crippen molar-refractivity contribution in [3.05, 3.63) is 100 Å². The van der Waals surface area contributed by atoms with Crippen molar-refractivity contribution in [1.82, 2.24) is 4.57 Å². The normalized spacial score (nSPS) is 12.6. The topological polar surface area (TPSA) is 65.4 Å². The van der Waals surface area contributed by atoms with E-state index in [1.165, 1.54) is 37.4 Å². The average molecular weight is 486 g/mol. The number of benzene rings is 3. The van der Waals surface area contributed by atoms with Gasteiger partial charge in [0.15, 0.2) is 9.84 Å². The van der Waals surface area contributed by atoms with E-state index in [2.05, 4.69) is 0 Å². The first-order valence-electron chi connectivity index (χ1n) is 10.1. The van der Waals surface area contributed by atoms with E-state index in [1.54, 1.807) is 54.0 Å². The molecule has 0 aliphatic rings. The summed E-state index contributed by atoms with van der Waals surface area (Å²) in [5.41, 5.74) is 1.95. The number of fused-ring (bicyclic) bond motifs is 1. The first-order chi connectivity index (χ1) is 15.7. The number of carbonyl (C=O) groups excluding carboxylic acids is 1. The number of esters is 1. The van der Waals surface area contributed by atoms with Crippen molar-refractivity contribution in [3.63, 3.8) is 0 Å². The van der Waals surface area contributed by atoms with E-state index in [9.17, 15) is 17.6 Å². The molecule has 5 nitrogen and oxygen atoms in total. The number of ether oxygens (including phenoxy) is 1. The fraction of sp³-hybridized carbons (Fsp3) is 0.160. The molecule has 0 spiro atoms. The number of hydrogen-bond acceptors (Lipinski definition) is 4. The third-order valence-corrected chi connectivity index (χ3v) is 7.98. The maximum absolute atomic E-state index is 14.4. The molecule has 170 valence electrons. The molecule has 0 amide bonds. The smallest absolute Gasteiger partial charge is 0.325 e. The van der Waals surface area contributed by atoms with E-state index >= 15 is 0 Å². The lowest BCUT2D eigenvalue weighted by Crippen LogP contribution is -2.17. The second-order valence-corrected chi connectivity index (χ2v) is 10.1. The van der Waals surface area contributed by atoms with Crippen LogP contribution in [0.3, 0.4) is 0 Å². The lowest BCUT2D eigenvalue weighted by Gasteiger charge is -2.20. The summed E-state index contributed by atoms with van der Waals surface area (Å²) < 4.78 is 48.7. The van der Waals surface area contributed by atoms with Gasteiger partial charge < -0.3 is 9.30 Å². The highest BCUT2D eigenvalue weighted by molar-refractivity contribution is 7.92. The molecule has 0 saturated heterocycles. The average Bonchev–Trinajstić information content (AvgIpc) is 3.06. The van der Waals surface area contributed by atoms with Crippen LogP contribution < -0.4 is 0 Å². The summed E-state index contributed by atoms with van der Waals surface area (Å²) in [5.74, 6) is -1.01. The van der Waals surface area contributed by atoms with Crippen LogP contribution in [-0.2, 0) is 25.9 Å². The number of nitrogens with zero attached hydrogens (tertiary/aromatic N) is 1. The van der Waals surface area contributed by atoms with Crippen LogP contribution >= 0.6 is 11.6 Å². The number of methoxy groups -OCH3 is 1. The van der Waals surface area contributed by atoms with Crippen LogP contribution in [0.15, 0.2) is 77.7 Å². The highest BCUT2D eigenvalue weighted by atomic mass is 35.5. The van der Waals surface area contributed by atoms with Gasteiger partial charge in [-0.25, -0.2) is 12.8 Å². The van der Waals surface area contributed by atoms with Gasteiger partial charge in [-0.05, 0) is 55.0 Å². The number of sulfone groups is 1. The number of halogens is 2. The summed E-state index contributed by atoms with van der Waals surface area (Å²) in [6.07, 6.45) is 0. The molecule has 1 atom stereocenters. The van der Waals surface area contributed by atoms with Crippen molar-refractivity contribution in [2.45, 2.75) is 23.6 Å². The molecule has 33 heavy (non-hydrogen) atoms. The summed E-state index contributed by atoms with van der Waals surface area (Å²) in [5, 5.41) is -0.276. The van der Waals surface area contributed by atoms with Crippen molar-refractivity contribution in [1.29, 1.82) is 0 Å². The van der Waals surface area contributed by atoms with Gasteiger partial charge in [-0.1, -0.05) is 41.9 Å². The fourth-order valence-electron chi connectivity index (χ4n) is 4.09. The Morgan fingerprint density at radius 3 is 2.36 bits per heavy atom. The van der Waals surface area contributed by atoms with E-state index in [-0.39, 0.29) is 11.4 Å². The third kappa shape index (κ3) is 4.26. The Kier molecular flexibility index (Phi) is 6.28. The van der Waals surface area contributed by atoms with Gasteiger partial charge in [0.1, 0.15) is 17.6 Å². The van der Waals surface area contributed by atoms with E-state index < -0.39 is 26.9 Å². The van der Waals surface area contributed by atoms with Gasteiger partial charge in [0.2, 0.25) is 0 Å². The number of rotatable bonds is 6. The zero-order chi connectivity index (χ0) is 23.8. The van der Waals surface area contributed by atoms with Crippen molar-refractivity contribution in [2.75, 3.05) is 7.11 Å². The van der Waals surface area contributed by atoms with Crippen molar-refractivity contribution in [3.8, 4) is 0 Å². The van der Waals surface area contributed by atoms with E-state index in [4.69, 9.17) is 16.3 Å². The molecular formula is C25H21ClFNO4S. The van der Waals surface area contributed by atoms with Gasteiger partial charge in [-0.3, -0.25) is 4.79 Å². The standard InChI is InChI=1S/C25H21ClFNO4S/c1-16-24(21-14-19(27)12-13-22(21)28(16)15-23(29)32-2)25(17-8-10-18(26)11-9-17)33(30,31)20-6-4-3-5-7-20/h3-14,25H,15H2,1-2H3. The van der Waals surface area contributed by atoms with E-state index in [0.29, 0.717) is 32.7 Å². The molecule has 1 unspecified atom stereocenters. The quantitative estimate of drug-likeness (QED) is 0.339. The minimum atomic E-state index is -3.96. The Morgan fingerprint density at radius 2 is 1.73 bits per heavy atom. The first kappa shape index (κ1) is 23.0. The summed E-state index contributed by atoms with van der Waals surface area (Å²) in [7, 11) is -2.68. The molecule has 0 N–H and O–H groups in total. The molecule has 0 aliphatic carbocycles. The lowest BCUT2D eigenvalue weighted by atomic mass is 10.0. The van der Waals surface area contributed by atoms with Gasteiger partial charge in [-0.15, -0.1) is 0 Å². The second-order valence-electron chi connectivity index (χ2n) is 7.61. The van der Waals surface area contributed by atoms with E-state index in [0.717, 1.165) is 0 Å². The molecule has 4 rings (SSSR count). The van der Waals surface area contributed by atoms with E-state index in [1.807, 2.05) is 0 Å². The second kappa shape index (κ2) is 9.00. The Morgan fingerprint density at radius 1 is 1.06 bits per heavy atom. The first-order valence-corrected chi connectivity index (χ1v) is 12.1. The molecule has 4 aromatic rings. The van der Waals surface area contributed by atoms with Gasteiger partial charge >= 0.3 is 5.97 Å².